The standard InChI is InChI=1S/C25H36O6/c1-14(2)30-22(27)20-18(26)13-25(8,29)21(23(28)31-15(3)4)19(20)16-9-11-17(12-10-16)24(5,6)7/h9-12,14-15,19-21,29H,13H2,1-8H3/t19-,20-,21+,25+/m1/s1. The summed E-state index contributed by atoms with van der Waals surface area (Å²) in [5.41, 5.74) is -0.0332. The first-order valence-corrected chi connectivity index (χ1v) is 10.9. The lowest BCUT2D eigenvalue weighted by atomic mass is 9.61. The fourth-order valence-corrected chi connectivity index (χ4v) is 4.23. The molecule has 0 spiro atoms. The minimum atomic E-state index is -1.65. The third-order valence-corrected chi connectivity index (χ3v) is 5.64. The molecule has 1 aromatic carbocycles. The highest BCUT2D eigenvalue weighted by Crippen LogP contribution is 2.47. The number of carbonyl (C=O) groups excluding carboxylic acids is 3. The predicted octanol–water partition coefficient (Wildman–Crippen LogP) is 3.93. The van der Waals surface area contributed by atoms with E-state index in [0.717, 1.165) is 5.56 Å². The summed E-state index contributed by atoms with van der Waals surface area (Å²) in [4.78, 5) is 39.1. The quantitative estimate of drug-likeness (QED) is 0.560. The van der Waals surface area contributed by atoms with Gasteiger partial charge in [0.25, 0.3) is 0 Å². The molecule has 0 bridgehead atoms. The monoisotopic (exact) mass is 432 g/mol. The van der Waals surface area contributed by atoms with Crippen LogP contribution in [0.4, 0.5) is 0 Å². The van der Waals surface area contributed by atoms with Crippen LogP contribution in [0.1, 0.15) is 78.9 Å². The van der Waals surface area contributed by atoms with Gasteiger partial charge in [0.1, 0.15) is 5.92 Å². The number of esters is 2. The summed E-state index contributed by atoms with van der Waals surface area (Å²) in [5.74, 6) is -4.90. The van der Waals surface area contributed by atoms with Gasteiger partial charge in [0.2, 0.25) is 0 Å². The number of ketones is 1. The molecule has 2 rings (SSSR count). The Bertz CT molecular complexity index is 805. The van der Waals surface area contributed by atoms with Gasteiger partial charge in [0.05, 0.1) is 23.7 Å². The zero-order valence-corrected chi connectivity index (χ0v) is 19.9. The SMILES string of the molecule is CC(C)OC(=O)[C@@H]1C(=O)C[C@](C)(O)[C@H](C(=O)OC(C)C)[C@@H]1c1ccc(C(C)(C)C)cc1. The molecule has 4 atom stereocenters. The first-order chi connectivity index (χ1) is 14.1. The fraction of sp³-hybridized carbons (Fsp3) is 0.640. The molecular weight excluding hydrogens is 396 g/mol. The maximum absolute atomic E-state index is 13.1. The molecule has 1 fully saturated rings. The van der Waals surface area contributed by atoms with Crippen LogP contribution < -0.4 is 0 Å². The average molecular weight is 433 g/mol. The molecular formula is C25H36O6. The topological polar surface area (TPSA) is 89.9 Å². The van der Waals surface area contributed by atoms with Crippen molar-refractivity contribution in [3.63, 3.8) is 0 Å². The zero-order valence-electron chi connectivity index (χ0n) is 19.9. The molecule has 6 nitrogen and oxygen atoms in total. The molecule has 0 radical (unpaired) electrons. The van der Waals surface area contributed by atoms with Gasteiger partial charge in [-0.05, 0) is 51.2 Å². The van der Waals surface area contributed by atoms with E-state index in [0.29, 0.717) is 5.56 Å². The van der Waals surface area contributed by atoms with Crippen molar-refractivity contribution >= 4 is 17.7 Å². The molecule has 0 saturated heterocycles. The van der Waals surface area contributed by atoms with Crippen LogP contribution >= 0.6 is 0 Å². The molecule has 0 amide bonds. The van der Waals surface area contributed by atoms with E-state index in [9.17, 15) is 19.5 Å². The van der Waals surface area contributed by atoms with Gasteiger partial charge in [-0.1, -0.05) is 45.0 Å². The highest BCUT2D eigenvalue weighted by Gasteiger charge is 2.57. The minimum Gasteiger partial charge on any atom is -0.463 e. The second kappa shape index (κ2) is 9.11. The second-order valence-corrected chi connectivity index (χ2v) is 10.3. The van der Waals surface area contributed by atoms with Crippen LogP contribution in [0.25, 0.3) is 0 Å². The Kier molecular flexibility index (Phi) is 7.36. The maximum atomic E-state index is 13.1. The first-order valence-electron chi connectivity index (χ1n) is 10.9. The van der Waals surface area contributed by atoms with Crippen LogP contribution in [0.5, 0.6) is 0 Å². The van der Waals surface area contributed by atoms with Crippen LogP contribution in [0.3, 0.4) is 0 Å². The van der Waals surface area contributed by atoms with Crippen molar-refractivity contribution < 1.29 is 29.0 Å². The molecule has 0 aromatic heterocycles. The van der Waals surface area contributed by atoms with Gasteiger partial charge in [-0.2, -0.15) is 0 Å². The van der Waals surface area contributed by atoms with Crippen molar-refractivity contribution in [3.8, 4) is 0 Å². The first kappa shape index (κ1) is 25.1. The highest BCUT2D eigenvalue weighted by molar-refractivity contribution is 6.02. The number of carbonyl (C=O) groups is 3. The van der Waals surface area contributed by atoms with Gasteiger partial charge < -0.3 is 14.6 Å². The lowest BCUT2D eigenvalue weighted by molar-refractivity contribution is -0.176. The molecule has 1 aliphatic rings. The number of hydrogen-bond acceptors (Lipinski definition) is 6. The van der Waals surface area contributed by atoms with Gasteiger partial charge >= 0.3 is 11.9 Å². The molecule has 1 N–H and O–H groups in total. The van der Waals surface area contributed by atoms with E-state index in [1.807, 2.05) is 24.3 Å². The van der Waals surface area contributed by atoms with E-state index < -0.39 is 53.3 Å². The molecule has 1 aliphatic carbocycles. The Balaban J connectivity index is 2.63. The zero-order chi connectivity index (χ0) is 23.7. The number of ether oxygens (including phenoxy) is 2. The predicted molar refractivity (Wildman–Crippen MR) is 118 cm³/mol. The van der Waals surface area contributed by atoms with Crippen LogP contribution in [-0.2, 0) is 29.3 Å². The van der Waals surface area contributed by atoms with Crippen molar-refractivity contribution in [1.29, 1.82) is 0 Å². The van der Waals surface area contributed by atoms with Gasteiger partial charge in [-0.3, -0.25) is 14.4 Å². The molecule has 31 heavy (non-hydrogen) atoms. The number of aliphatic hydroxyl groups is 1. The van der Waals surface area contributed by atoms with E-state index in [2.05, 4.69) is 20.8 Å². The minimum absolute atomic E-state index is 0.0850. The number of hydrogen-bond donors (Lipinski definition) is 1. The normalized spacial score (nSPS) is 26.8. The summed E-state index contributed by atoms with van der Waals surface area (Å²) in [6, 6.07) is 7.51. The van der Waals surface area contributed by atoms with Gasteiger partial charge in [-0.15, -0.1) is 0 Å². The van der Waals surface area contributed by atoms with Crippen LogP contribution in [0, 0.1) is 11.8 Å². The highest BCUT2D eigenvalue weighted by atomic mass is 16.5. The molecule has 0 heterocycles. The van der Waals surface area contributed by atoms with Crippen molar-refractivity contribution in [2.24, 2.45) is 11.8 Å². The van der Waals surface area contributed by atoms with Crippen molar-refractivity contribution in [1.82, 2.24) is 0 Å². The van der Waals surface area contributed by atoms with E-state index in [1.54, 1.807) is 27.7 Å². The fourth-order valence-electron chi connectivity index (χ4n) is 4.23. The van der Waals surface area contributed by atoms with Gasteiger partial charge in [0.15, 0.2) is 5.78 Å². The smallest absolute Gasteiger partial charge is 0.317 e. The van der Waals surface area contributed by atoms with Gasteiger partial charge in [0, 0.05) is 12.3 Å². The van der Waals surface area contributed by atoms with E-state index in [4.69, 9.17) is 9.47 Å². The third-order valence-electron chi connectivity index (χ3n) is 5.64. The van der Waals surface area contributed by atoms with E-state index in [1.165, 1.54) is 6.92 Å². The Hall–Kier alpha value is -2.21. The molecule has 1 aromatic rings. The molecule has 0 aliphatic heterocycles. The second-order valence-electron chi connectivity index (χ2n) is 10.3. The van der Waals surface area contributed by atoms with Crippen molar-refractivity contribution in [3.05, 3.63) is 35.4 Å². The number of rotatable bonds is 5. The van der Waals surface area contributed by atoms with E-state index in [-0.39, 0.29) is 11.8 Å². The molecule has 0 unspecified atom stereocenters. The third kappa shape index (κ3) is 5.73. The number of Topliss-reactive ketones (excluding diaryl/α,β-unsaturated/α-hetero) is 1. The summed E-state index contributed by atoms with van der Waals surface area (Å²) in [6.45, 7) is 14.6. The Morgan fingerprint density at radius 2 is 1.48 bits per heavy atom. The Morgan fingerprint density at radius 1 is 1.00 bits per heavy atom. The maximum Gasteiger partial charge on any atom is 0.317 e. The molecule has 172 valence electrons. The summed E-state index contributed by atoms with van der Waals surface area (Å²) in [7, 11) is 0. The van der Waals surface area contributed by atoms with Crippen molar-refractivity contribution in [2.45, 2.75) is 91.0 Å². The lowest BCUT2D eigenvalue weighted by Crippen LogP contribution is -2.55. The molecule has 6 heteroatoms. The van der Waals surface area contributed by atoms with E-state index >= 15 is 0 Å². The Labute approximate surface area is 185 Å². The van der Waals surface area contributed by atoms with Crippen molar-refractivity contribution in [2.75, 3.05) is 0 Å². The van der Waals surface area contributed by atoms with Crippen LogP contribution in [0.15, 0.2) is 24.3 Å². The summed E-state index contributed by atoms with van der Waals surface area (Å²) in [6.07, 6.45) is -1.13. The summed E-state index contributed by atoms with van der Waals surface area (Å²) < 4.78 is 10.8. The average Bonchev–Trinajstić information content (AvgIpc) is 2.57. The largest absolute Gasteiger partial charge is 0.463 e. The molecule has 1 saturated carbocycles. The van der Waals surface area contributed by atoms with Gasteiger partial charge in [-0.25, -0.2) is 0 Å². The number of benzene rings is 1. The summed E-state index contributed by atoms with van der Waals surface area (Å²) in [5, 5.41) is 11.1. The summed E-state index contributed by atoms with van der Waals surface area (Å²) >= 11 is 0. The van der Waals surface area contributed by atoms with Crippen LogP contribution in [-0.4, -0.2) is 40.6 Å². The lowest BCUT2D eigenvalue weighted by Gasteiger charge is -2.44. The Morgan fingerprint density at radius 3 is 1.94 bits per heavy atom. The van der Waals surface area contributed by atoms with Crippen LogP contribution in [0.2, 0.25) is 0 Å².